The van der Waals surface area contributed by atoms with Crippen LogP contribution in [0.5, 0.6) is 11.5 Å². The van der Waals surface area contributed by atoms with Crippen LogP contribution in [-0.4, -0.2) is 31.3 Å². The van der Waals surface area contributed by atoms with E-state index in [0.717, 1.165) is 22.6 Å². The first-order valence-corrected chi connectivity index (χ1v) is 10.3. The number of nitrogens with zero attached hydrogens (tertiary/aromatic N) is 2. The number of hydrogen-bond acceptors (Lipinski definition) is 6. The standard InChI is InChI=1S/C25H23N3O5/c1-32-21-7-3-5-18(13-21)25(19-6-4-8-22(14-19)33-2)15-23(25)24(29)27-26-16-17-9-11-20(12-10-17)28(30)31/h3-14,16,23H,15H2,1-2H3,(H,27,29). The molecule has 3 aromatic rings. The number of amides is 1. The van der Waals surface area contributed by atoms with Gasteiger partial charge in [0.1, 0.15) is 11.5 Å². The van der Waals surface area contributed by atoms with Crippen molar-refractivity contribution in [3.8, 4) is 11.5 Å². The average Bonchev–Trinajstić information content (AvgIpc) is 3.62. The molecular weight excluding hydrogens is 422 g/mol. The highest BCUT2D eigenvalue weighted by molar-refractivity contribution is 5.88. The molecule has 1 saturated carbocycles. The normalized spacial score (nSPS) is 16.2. The van der Waals surface area contributed by atoms with Gasteiger partial charge in [-0.3, -0.25) is 14.9 Å². The second-order valence-electron chi connectivity index (χ2n) is 7.77. The van der Waals surface area contributed by atoms with Gasteiger partial charge in [0.2, 0.25) is 5.91 Å². The molecule has 1 aliphatic carbocycles. The molecule has 1 aliphatic rings. The smallest absolute Gasteiger partial charge is 0.269 e. The second kappa shape index (κ2) is 9.12. The van der Waals surface area contributed by atoms with Gasteiger partial charge >= 0.3 is 0 Å². The molecule has 1 amide bonds. The average molecular weight is 445 g/mol. The number of hydrogen-bond donors (Lipinski definition) is 1. The van der Waals surface area contributed by atoms with Crippen LogP contribution in [0, 0.1) is 16.0 Å². The Morgan fingerprint density at radius 3 is 2.12 bits per heavy atom. The van der Waals surface area contributed by atoms with Crippen molar-refractivity contribution in [1.82, 2.24) is 5.43 Å². The third kappa shape index (κ3) is 4.41. The summed E-state index contributed by atoms with van der Waals surface area (Å²) in [4.78, 5) is 23.3. The number of non-ortho nitro benzene ring substituents is 1. The van der Waals surface area contributed by atoms with Gasteiger partial charge < -0.3 is 9.47 Å². The first-order chi connectivity index (χ1) is 16.0. The van der Waals surface area contributed by atoms with E-state index in [2.05, 4.69) is 10.5 Å². The predicted molar refractivity (Wildman–Crippen MR) is 124 cm³/mol. The van der Waals surface area contributed by atoms with Crippen molar-refractivity contribution < 1.29 is 19.2 Å². The van der Waals surface area contributed by atoms with Gasteiger partial charge in [0.15, 0.2) is 0 Å². The molecule has 0 spiro atoms. The molecular formula is C25H23N3O5. The number of nitrogens with one attached hydrogen (secondary N) is 1. The zero-order chi connectivity index (χ0) is 23.4. The molecule has 1 unspecified atom stereocenters. The molecule has 168 valence electrons. The molecule has 1 fully saturated rings. The first kappa shape index (κ1) is 22.0. The van der Waals surface area contributed by atoms with E-state index in [4.69, 9.17) is 9.47 Å². The molecule has 0 radical (unpaired) electrons. The van der Waals surface area contributed by atoms with Crippen LogP contribution in [0.4, 0.5) is 5.69 Å². The van der Waals surface area contributed by atoms with Gasteiger partial charge in [-0.25, -0.2) is 5.43 Å². The molecule has 1 N–H and O–H groups in total. The maximum absolute atomic E-state index is 13.0. The summed E-state index contributed by atoms with van der Waals surface area (Å²) in [7, 11) is 3.22. The number of carbonyl (C=O) groups excluding carboxylic acids is 1. The Bertz CT molecular complexity index is 1160. The molecule has 8 nitrogen and oxygen atoms in total. The van der Waals surface area contributed by atoms with Crippen LogP contribution in [0.25, 0.3) is 0 Å². The van der Waals surface area contributed by atoms with Crippen molar-refractivity contribution in [2.75, 3.05) is 14.2 Å². The fraction of sp³-hybridized carbons (Fsp3) is 0.200. The highest BCUT2D eigenvalue weighted by Crippen LogP contribution is 2.59. The van der Waals surface area contributed by atoms with Gasteiger partial charge in [-0.2, -0.15) is 5.10 Å². The molecule has 1 atom stereocenters. The number of carbonyl (C=O) groups is 1. The molecule has 0 heterocycles. The van der Waals surface area contributed by atoms with E-state index < -0.39 is 10.3 Å². The van der Waals surface area contributed by atoms with Crippen molar-refractivity contribution in [2.24, 2.45) is 11.0 Å². The Morgan fingerprint density at radius 2 is 1.61 bits per heavy atom. The van der Waals surface area contributed by atoms with E-state index in [-0.39, 0.29) is 17.5 Å². The SMILES string of the molecule is COc1cccc(C2(c3cccc(OC)c3)CC2C(=O)NN=Cc2ccc([N+](=O)[O-])cc2)c1. The number of benzene rings is 3. The van der Waals surface area contributed by atoms with Crippen LogP contribution in [0.2, 0.25) is 0 Å². The summed E-state index contributed by atoms with van der Waals surface area (Å²) in [5.74, 6) is 0.901. The highest BCUT2D eigenvalue weighted by Gasteiger charge is 2.60. The molecule has 0 saturated heterocycles. The van der Waals surface area contributed by atoms with Gasteiger partial charge in [-0.05, 0) is 59.5 Å². The van der Waals surface area contributed by atoms with E-state index in [1.165, 1.54) is 18.3 Å². The number of methoxy groups -OCH3 is 2. The molecule has 8 heteroatoms. The number of nitro groups is 1. The molecule has 33 heavy (non-hydrogen) atoms. The minimum Gasteiger partial charge on any atom is -0.497 e. The Hall–Kier alpha value is -4.20. The third-order valence-corrected chi connectivity index (χ3v) is 5.94. The van der Waals surface area contributed by atoms with Crippen LogP contribution < -0.4 is 14.9 Å². The third-order valence-electron chi connectivity index (χ3n) is 5.94. The minimum atomic E-state index is -0.518. The lowest BCUT2D eigenvalue weighted by Crippen LogP contribution is -2.25. The Balaban J connectivity index is 1.57. The quantitative estimate of drug-likeness (QED) is 0.320. The molecule has 0 bridgehead atoms. The molecule has 4 rings (SSSR count). The van der Waals surface area contributed by atoms with Crippen LogP contribution in [0.3, 0.4) is 0 Å². The minimum absolute atomic E-state index is 0.00414. The lowest BCUT2D eigenvalue weighted by Gasteiger charge is -2.20. The summed E-state index contributed by atoms with van der Waals surface area (Å²) in [6.45, 7) is 0. The van der Waals surface area contributed by atoms with E-state index >= 15 is 0 Å². The Kier molecular flexibility index (Phi) is 6.08. The van der Waals surface area contributed by atoms with Crippen molar-refractivity contribution in [2.45, 2.75) is 11.8 Å². The fourth-order valence-electron chi connectivity index (χ4n) is 4.12. The first-order valence-electron chi connectivity index (χ1n) is 10.3. The lowest BCUT2D eigenvalue weighted by molar-refractivity contribution is -0.384. The van der Waals surface area contributed by atoms with Gasteiger partial charge in [0, 0.05) is 17.5 Å². The van der Waals surface area contributed by atoms with Crippen molar-refractivity contribution >= 4 is 17.8 Å². The van der Waals surface area contributed by atoms with Crippen molar-refractivity contribution in [3.05, 3.63) is 99.6 Å². The maximum atomic E-state index is 13.0. The van der Waals surface area contributed by atoms with Crippen LogP contribution in [-0.2, 0) is 10.2 Å². The number of rotatable bonds is 8. The van der Waals surface area contributed by atoms with Gasteiger partial charge in [0.25, 0.3) is 5.69 Å². The zero-order valence-corrected chi connectivity index (χ0v) is 18.2. The summed E-state index contributed by atoms with van der Waals surface area (Å²) in [5.41, 5.74) is 4.70. The van der Waals surface area contributed by atoms with Gasteiger partial charge in [-0.1, -0.05) is 24.3 Å². The monoisotopic (exact) mass is 445 g/mol. The van der Waals surface area contributed by atoms with Crippen LogP contribution in [0.1, 0.15) is 23.1 Å². The summed E-state index contributed by atoms with van der Waals surface area (Å²) in [5, 5.41) is 14.8. The summed E-state index contributed by atoms with van der Waals surface area (Å²) in [6.07, 6.45) is 2.08. The van der Waals surface area contributed by atoms with Crippen molar-refractivity contribution in [1.29, 1.82) is 0 Å². The molecule has 0 aromatic heterocycles. The van der Waals surface area contributed by atoms with Gasteiger partial charge in [0.05, 0.1) is 31.3 Å². The van der Waals surface area contributed by atoms with E-state index in [9.17, 15) is 14.9 Å². The molecule has 3 aromatic carbocycles. The predicted octanol–water partition coefficient (Wildman–Crippen LogP) is 4.07. The van der Waals surface area contributed by atoms with Gasteiger partial charge in [-0.15, -0.1) is 0 Å². The summed E-state index contributed by atoms with van der Waals surface area (Å²) >= 11 is 0. The lowest BCUT2D eigenvalue weighted by atomic mass is 9.85. The Morgan fingerprint density at radius 1 is 1.03 bits per heavy atom. The number of ether oxygens (including phenoxy) is 2. The largest absolute Gasteiger partial charge is 0.497 e. The van der Waals surface area contributed by atoms with Crippen LogP contribution in [0.15, 0.2) is 77.9 Å². The summed E-state index contributed by atoms with van der Waals surface area (Å²) in [6, 6.07) is 21.4. The number of hydrazone groups is 1. The van der Waals surface area contributed by atoms with E-state index in [0.29, 0.717) is 12.0 Å². The summed E-state index contributed by atoms with van der Waals surface area (Å²) < 4.78 is 10.8. The van der Waals surface area contributed by atoms with Crippen LogP contribution >= 0.6 is 0 Å². The van der Waals surface area contributed by atoms with E-state index in [1.54, 1.807) is 26.4 Å². The molecule has 0 aliphatic heterocycles. The Labute approximate surface area is 191 Å². The maximum Gasteiger partial charge on any atom is 0.269 e. The number of nitro benzene ring substituents is 1. The zero-order valence-electron chi connectivity index (χ0n) is 18.2. The topological polar surface area (TPSA) is 103 Å². The fourth-order valence-corrected chi connectivity index (χ4v) is 4.12. The van der Waals surface area contributed by atoms with E-state index in [1.807, 2.05) is 48.5 Å². The van der Waals surface area contributed by atoms with Crippen molar-refractivity contribution in [3.63, 3.8) is 0 Å². The second-order valence-corrected chi connectivity index (χ2v) is 7.77. The highest BCUT2D eigenvalue weighted by atomic mass is 16.6.